The van der Waals surface area contributed by atoms with Crippen molar-refractivity contribution in [3.63, 3.8) is 0 Å². The van der Waals surface area contributed by atoms with Crippen molar-refractivity contribution in [1.29, 1.82) is 0 Å². The van der Waals surface area contributed by atoms with Crippen LogP contribution in [-0.2, 0) is 14.8 Å². The van der Waals surface area contributed by atoms with Crippen LogP contribution in [0.5, 0.6) is 5.75 Å². The van der Waals surface area contributed by atoms with Crippen molar-refractivity contribution >= 4 is 32.4 Å². The zero-order valence-electron chi connectivity index (χ0n) is 15.7. The summed E-state index contributed by atoms with van der Waals surface area (Å²) in [7, 11) is -3.83. The highest BCUT2D eigenvalue weighted by Crippen LogP contribution is 2.19. The van der Waals surface area contributed by atoms with Gasteiger partial charge in [-0.15, -0.1) is 0 Å². The average Bonchev–Trinajstić information content (AvgIpc) is 2.69. The molecule has 0 saturated carbocycles. The van der Waals surface area contributed by atoms with Gasteiger partial charge in [-0.1, -0.05) is 30.3 Å². The molecule has 0 fully saturated rings. The summed E-state index contributed by atoms with van der Waals surface area (Å²) >= 11 is 0. The average molecular weight is 398 g/mol. The normalized spacial score (nSPS) is 12.5. The molecule has 1 atom stereocenters. The Morgan fingerprint density at radius 1 is 1.00 bits per heavy atom. The summed E-state index contributed by atoms with van der Waals surface area (Å²) in [6.45, 7) is 3.95. The zero-order valence-corrected chi connectivity index (χ0v) is 16.5. The molecule has 3 aromatic rings. The standard InChI is InChI=1S/C21H22N2O4S/c1-3-27-19-11-9-18(10-12-19)22-21(24)15(2)23-28(25,26)20-13-8-16-6-4-5-7-17(16)14-20/h4-15,23H,3H2,1-2H3,(H,22,24)/t15-/m1/s1. The number of sulfonamides is 1. The molecule has 0 unspecified atom stereocenters. The predicted molar refractivity (Wildman–Crippen MR) is 110 cm³/mol. The summed E-state index contributed by atoms with van der Waals surface area (Å²) in [6.07, 6.45) is 0. The first kappa shape index (κ1) is 19.9. The van der Waals surface area contributed by atoms with Crippen LogP contribution in [0.4, 0.5) is 5.69 Å². The molecule has 1 amide bonds. The van der Waals surface area contributed by atoms with Crippen LogP contribution < -0.4 is 14.8 Å². The Kier molecular flexibility index (Phi) is 5.96. The number of amides is 1. The number of nitrogens with one attached hydrogen (secondary N) is 2. The number of fused-ring (bicyclic) bond motifs is 1. The van der Waals surface area contributed by atoms with Gasteiger partial charge in [0.05, 0.1) is 17.5 Å². The van der Waals surface area contributed by atoms with Crippen molar-refractivity contribution < 1.29 is 17.9 Å². The number of hydrogen-bond acceptors (Lipinski definition) is 4. The van der Waals surface area contributed by atoms with Crippen LogP contribution in [0.1, 0.15) is 13.8 Å². The highest BCUT2D eigenvalue weighted by Gasteiger charge is 2.22. The molecular weight excluding hydrogens is 376 g/mol. The lowest BCUT2D eigenvalue weighted by molar-refractivity contribution is -0.117. The van der Waals surface area contributed by atoms with Crippen molar-refractivity contribution in [2.24, 2.45) is 0 Å². The van der Waals surface area contributed by atoms with Crippen LogP contribution in [0.2, 0.25) is 0 Å². The Labute approximate surface area is 164 Å². The number of carbonyl (C=O) groups excluding carboxylic acids is 1. The van der Waals surface area contributed by atoms with Gasteiger partial charge in [0, 0.05) is 5.69 Å². The molecule has 0 aliphatic heterocycles. The maximum atomic E-state index is 12.7. The maximum Gasteiger partial charge on any atom is 0.242 e. The van der Waals surface area contributed by atoms with E-state index in [-0.39, 0.29) is 4.90 Å². The summed E-state index contributed by atoms with van der Waals surface area (Å²) in [5.41, 5.74) is 0.560. The third-order valence-electron chi connectivity index (χ3n) is 4.19. The summed E-state index contributed by atoms with van der Waals surface area (Å²) in [6, 6.07) is 18.3. The summed E-state index contributed by atoms with van der Waals surface area (Å²) < 4.78 is 33.1. The third kappa shape index (κ3) is 4.68. The minimum absolute atomic E-state index is 0.118. The quantitative estimate of drug-likeness (QED) is 0.637. The summed E-state index contributed by atoms with van der Waals surface area (Å²) in [5, 5.41) is 4.46. The zero-order chi connectivity index (χ0) is 20.1. The largest absolute Gasteiger partial charge is 0.494 e. The van der Waals surface area contributed by atoms with Crippen molar-refractivity contribution in [3.8, 4) is 5.75 Å². The van der Waals surface area contributed by atoms with Crippen LogP contribution in [0.15, 0.2) is 71.6 Å². The molecule has 0 aliphatic rings. The van der Waals surface area contributed by atoms with E-state index in [4.69, 9.17) is 4.74 Å². The van der Waals surface area contributed by atoms with Gasteiger partial charge < -0.3 is 10.1 Å². The van der Waals surface area contributed by atoms with Crippen molar-refractivity contribution in [1.82, 2.24) is 4.72 Å². The van der Waals surface area contributed by atoms with E-state index in [1.165, 1.54) is 13.0 Å². The Morgan fingerprint density at radius 3 is 2.36 bits per heavy atom. The molecule has 0 heterocycles. The van der Waals surface area contributed by atoms with Gasteiger partial charge in [-0.05, 0) is 61.0 Å². The van der Waals surface area contributed by atoms with Gasteiger partial charge in [0.25, 0.3) is 0 Å². The molecule has 0 aromatic heterocycles. The van der Waals surface area contributed by atoms with Crippen LogP contribution >= 0.6 is 0 Å². The van der Waals surface area contributed by atoms with E-state index in [1.807, 2.05) is 31.2 Å². The fraction of sp³-hybridized carbons (Fsp3) is 0.190. The van der Waals surface area contributed by atoms with Crippen molar-refractivity contribution in [2.75, 3.05) is 11.9 Å². The van der Waals surface area contributed by atoms with Crippen LogP contribution in [0.3, 0.4) is 0 Å². The molecule has 0 radical (unpaired) electrons. The van der Waals surface area contributed by atoms with E-state index in [9.17, 15) is 13.2 Å². The molecule has 0 saturated heterocycles. The Morgan fingerprint density at radius 2 is 1.68 bits per heavy atom. The molecule has 6 nitrogen and oxygen atoms in total. The number of benzene rings is 3. The minimum atomic E-state index is -3.83. The number of rotatable bonds is 7. The number of hydrogen-bond donors (Lipinski definition) is 2. The van der Waals surface area contributed by atoms with Gasteiger partial charge in [0.15, 0.2) is 0 Å². The maximum absolute atomic E-state index is 12.7. The highest BCUT2D eigenvalue weighted by atomic mass is 32.2. The first-order chi connectivity index (χ1) is 13.4. The second-order valence-electron chi connectivity index (χ2n) is 6.30. The fourth-order valence-electron chi connectivity index (χ4n) is 2.74. The first-order valence-corrected chi connectivity index (χ1v) is 10.4. The van der Waals surface area contributed by atoms with Crippen LogP contribution in [0, 0.1) is 0 Å². The predicted octanol–water partition coefficient (Wildman–Crippen LogP) is 3.54. The van der Waals surface area contributed by atoms with Gasteiger partial charge in [-0.25, -0.2) is 8.42 Å². The first-order valence-electron chi connectivity index (χ1n) is 8.94. The SMILES string of the molecule is CCOc1ccc(NC(=O)[C@@H](C)NS(=O)(=O)c2ccc3ccccc3c2)cc1. The Bertz CT molecular complexity index is 1080. The molecule has 2 N–H and O–H groups in total. The third-order valence-corrected chi connectivity index (χ3v) is 5.73. The van der Waals surface area contributed by atoms with E-state index in [0.29, 0.717) is 18.0 Å². The molecule has 0 aliphatic carbocycles. The minimum Gasteiger partial charge on any atom is -0.494 e. The molecule has 146 valence electrons. The molecular formula is C21H22N2O4S. The second-order valence-corrected chi connectivity index (χ2v) is 8.01. The number of ether oxygens (including phenoxy) is 1. The van der Waals surface area contributed by atoms with Crippen LogP contribution in [-0.4, -0.2) is 27.0 Å². The summed E-state index contributed by atoms with van der Waals surface area (Å²) in [5.74, 6) is 0.249. The smallest absolute Gasteiger partial charge is 0.242 e. The van der Waals surface area contributed by atoms with E-state index in [0.717, 1.165) is 10.8 Å². The second kappa shape index (κ2) is 8.41. The molecule has 28 heavy (non-hydrogen) atoms. The molecule has 0 bridgehead atoms. The lowest BCUT2D eigenvalue weighted by Crippen LogP contribution is -2.41. The van der Waals surface area contributed by atoms with E-state index < -0.39 is 22.0 Å². The molecule has 0 spiro atoms. The monoisotopic (exact) mass is 398 g/mol. The van der Waals surface area contributed by atoms with Gasteiger partial charge >= 0.3 is 0 Å². The molecule has 3 aromatic carbocycles. The van der Waals surface area contributed by atoms with E-state index >= 15 is 0 Å². The molecule has 7 heteroatoms. The van der Waals surface area contributed by atoms with E-state index in [2.05, 4.69) is 10.0 Å². The van der Waals surface area contributed by atoms with E-state index in [1.54, 1.807) is 36.4 Å². The fourth-order valence-corrected chi connectivity index (χ4v) is 3.98. The van der Waals surface area contributed by atoms with Gasteiger partial charge in [0.1, 0.15) is 5.75 Å². The summed E-state index contributed by atoms with van der Waals surface area (Å²) in [4.78, 5) is 12.5. The lowest BCUT2D eigenvalue weighted by atomic mass is 10.1. The van der Waals surface area contributed by atoms with Gasteiger partial charge in [0.2, 0.25) is 15.9 Å². The van der Waals surface area contributed by atoms with Gasteiger partial charge in [-0.3, -0.25) is 4.79 Å². The number of carbonyl (C=O) groups is 1. The number of anilines is 1. The Balaban J connectivity index is 1.69. The highest BCUT2D eigenvalue weighted by molar-refractivity contribution is 7.89. The van der Waals surface area contributed by atoms with Crippen molar-refractivity contribution in [3.05, 3.63) is 66.7 Å². The topological polar surface area (TPSA) is 84.5 Å². The van der Waals surface area contributed by atoms with Crippen LogP contribution in [0.25, 0.3) is 10.8 Å². The Hall–Kier alpha value is -2.90. The lowest BCUT2D eigenvalue weighted by Gasteiger charge is -2.15. The molecule has 3 rings (SSSR count). The van der Waals surface area contributed by atoms with Crippen molar-refractivity contribution in [2.45, 2.75) is 24.8 Å². The van der Waals surface area contributed by atoms with Gasteiger partial charge in [-0.2, -0.15) is 4.72 Å².